The third-order valence-electron chi connectivity index (χ3n) is 4.83. The van der Waals surface area contributed by atoms with Crippen LogP contribution in [0.2, 0.25) is 0 Å². The lowest BCUT2D eigenvalue weighted by molar-refractivity contribution is 0.0917. The number of para-hydroxylation sites is 1. The number of aromatic nitrogens is 2. The molecule has 30 heavy (non-hydrogen) atoms. The second-order valence-electron chi connectivity index (χ2n) is 6.74. The number of aryl methyl sites for hydroxylation is 1. The summed E-state index contributed by atoms with van der Waals surface area (Å²) in [6.07, 6.45) is 1.50. The molecule has 9 heteroatoms. The Balaban J connectivity index is 1.86. The van der Waals surface area contributed by atoms with E-state index in [-0.39, 0.29) is 12.5 Å². The molecule has 0 fully saturated rings. The first kappa shape index (κ1) is 21.8. The van der Waals surface area contributed by atoms with Gasteiger partial charge in [0.15, 0.2) is 11.5 Å². The van der Waals surface area contributed by atoms with E-state index >= 15 is 0 Å². The van der Waals surface area contributed by atoms with Gasteiger partial charge in [-0.1, -0.05) is 19.1 Å². The van der Waals surface area contributed by atoms with Gasteiger partial charge in [0, 0.05) is 18.7 Å². The Labute approximate surface area is 179 Å². The molecule has 0 spiro atoms. The van der Waals surface area contributed by atoms with Crippen molar-refractivity contribution in [3.05, 3.63) is 40.5 Å². The highest BCUT2D eigenvalue weighted by Crippen LogP contribution is 2.35. The summed E-state index contributed by atoms with van der Waals surface area (Å²) < 4.78 is 10.8. The van der Waals surface area contributed by atoms with E-state index < -0.39 is 6.10 Å². The number of nitrogens with one attached hydrogen (secondary N) is 2. The van der Waals surface area contributed by atoms with Crippen molar-refractivity contribution in [2.75, 3.05) is 26.1 Å². The number of nitrogens with zero attached hydrogens (tertiary/aromatic N) is 2. The number of ether oxygens (including phenoxy) is 2. The summed E-state index contributed by atoms with van der Waals surface area (Å²) in [5, 5.41) is 16.6. The molecule has 0 aliphatic rings. The summed E-state index contributed by atoms with van der Waals surface area (Å²) in [7, 11) is 3.21. The predicted molar refractivity (Wildman–Crippen MR) is 118 cm³/mol. The van der Waals surface area contributed by atoms with Crippen LogP contribution in [0.25, 0.3) is 10.2 Å². The number of rotatable bonds is 9. The largest absolute Gasteiger partial charge is 0.493 e. The predicted octanol–water partition coefficient (Wildman–Crippen LogP) is 3.13. The Bertz CT molecular complexity index is 1040. The van der Waals surface area contributed by atoms with E-state index in [1.165, 1.54) is 17.7 Å². The fraction of sp³-hybridized carbons (Fsp3) is 0.381. The number of amides is 1. The maximum absolute atomic E-state index is 12.6. The highest BCUT2D eigenvalue weighted by atomic mass is 32.1. The molecule has 160 valence electrons. The van der Waals surface area contributed by atoms with Gasteiger partial charge in [-0.3, -0.25) is 4.79 Å². The third-order valence-corrected chi connectivity index (χ3v) is 6.03. The van der Waals surface area contributed by atoms with E-state index in [0.29, 0.717) is 35.2 Å². The number of carbonyl (C=O) groups excluding carboxylic acids is 1. The van der Waals surface area contributed by atoms with Crippen LogP contribution >= 0.6 is 11.3 Å². The van der Waals surface area contributed by atoms with Crippen LogP contribution in [0.15, 0.2) is 24.5 Å². The summed E-state index contributed by atoms with van der Waals surface area (Å²) in [5.74, 6) is 1.74. The summed E-state index contributed by atoms with van der Waals surface area (Å²) >= 11 is 1.31. The van der Waals surface area contributed by atoms with Crippen LogP contribution in [0, 0.1) is 6.92 Å². The van der Waals surface area contributed by atoms with Gasteiger partial charge >= 0.3 is 0 Å². The zero-order valence-corrected chi connectivity index (χ0v) is 18.3. The third kappa shape index (κ3) is 4.47. The van der Waals surface area contributed by atoms with Gasteiger partial charge in [-0.2, -0.15) is 0 Å². The maximum Gasteiger partial charge on any atom is 0.261 e. The first-order valence-corrected chi connectivity index (χ1v) is 10.5. The minimum Gasteiger partial charge on any atom is -0.493 e. The summed E-state index contributed by atoms with van der Waals surface area (Å²) in [6.45, 7) is 4.43. The monoisotopic (exact) mass is 430 g/mol. The molecule has 0 saturated heterocycles. The summed E-state index contributed by atoms with van der Waals surface area (Å²) in [6, 6.07) is 5.69. The molecule has 0 aliphatic carbocycles. The molecule has 0 radical (unpaired) electrons. The van der Waals surface area contributed by atoms with Gasteiger partial charge in [0.05, 0.1) is 30.6 Å². The minimum atomic E-state index is -0.557. The molecule has 3 aromatic rings. The van der Waals surface area contributed by atoms with Crippen LogP contribution in [0.1, 0.15) is 34.1 Å². The van der Waals surface area contributed by atoms with Crippen LogP contribution in [0.4, 0.5) is 5.82 Å². The Kier molecular flexibility index (Phi) is 7.07. The molecular weight excluding hydrogens is 404 g/mol. The molecule has 1 unspecified atom stereocenters. The molecule has 3 rings (SSSR count). The Morgan fingerprint density at radius 1 is 1.27 bits per heavy atom. The van der Waals surface area contributed by atoms with Gasteiger partial charge in [0.2, 0.25) is 0 Å². The molecule has 1 amide bonds. The number of carbonyl (C=O) groups is 1. The highest BCUT2D eigenvalue weighted by Gasteiger charge is 2.20. The van der Waals surface area contributed by atoms with Crippen molar-refractivity contribution in [1.29, 1.82) is 0 Å². The van der Waals surface area contributed by atoms with Crippen molar-refractivity contribution in [2.45, 2.75) is 32.9 Å². The lowest BCUT2D eigenvalue weighted by Gasteiger charge is -2.14. The first-order valence-electron chi connectivity index (χ1n) is 9.64. The van der Waals surface area contributed by atoms with Gasteiger partial charge in [-0.05, 0) is 25.0 Å². The van der Waals surface area contributed by atoms with Crippen molar-refractivity contribution in [2.24, 2.45) is 0 Å². The van der Waals surface area contributed by atoms with Crippen LogP contribution < -0.4 is 20.1 Å². The first-order chi connectivity index (χ1) is 14.5. The van der Waals surface area contributed by atoms with Crippen LogP contribution in [0.3, 0.4) is 0 Å². The van der Waals surface area contributed by atoms with E-state index in [0.717, 1.165) is 21.3 Å². The standard InChI is InChI=1S/C21H26N4O4S/c1-5-14(26)10-23-20(27)18-12(2)16-19(24-11-25-21(16)30-18)22-9-13-7-6-8-15(28-3)17(13)29-4/h6-8,11,14,26H,5,9-10H2,1-4H3,(H,23,27)(H,22,24,25). The molecule has 3 N–H and O–H groups in total. The summed E-state index contributed by atoms with van der Waals surface area (Å²) in [4.78, 5) is 22.6. The number of fused-ring (bicyclic) bond motifs is 1. The Morgan fingerprint density at radius 2 is 2.07 bits per heavy atom. The minimum absolute atomic E-state index is 0.218. The molecule has 0 bridgehead atoms. The smallest absolute Gasteiger partial charge is 0.261 e. The van der Waals surface area contributed by atoms with Gasteiger partial charge in [0.25, 0.3) is 5.91 Å². The van der Waals surface area contributed by atoms with E-state index in [1.807, 2.05) is 32.0 Å². The average molecular weight is 431 g/mol. The van der Waals surface area contributed by atoms with Gasteiger partial charge in [-0.25, -0.2) is 9.97 Å². The number of hydrogen-bond acceptors (Lipinski definition) is 8. The van der Waals surface area contributed by atoms with Crippen molar-refractivity contribution in [3.8, 4) is 11.5 Å². The normalized spacial score (nSPS) is 11.9. The lowest BCUT2D eigenvalue weighted by Crippen LogP contribution is -2.31. The fourth-order valence-electron chi connectivity index (χ4n) is 3.13. The second kappa shape index (κ2) is 9.73. The van der Waals surface area contributed by atoms with Crippen LogP contribution in [0.5, 0.6) is 11.5 Å². The Hall–Kier alpha value is -2.91. The van der Waals surface area contributed by atoms with Crippen LogP contribution in [-0.4, -0.2) is 47.8 Å². The molecule has 8 nitrogen and oxygen atoms in total. The number of aliphatic hydroxyl groups excluding tert-OH is 1. The quantitative estimate of drug-likeness (QED) is 0.479. The molecule has 0 aliphatic heterocycles. The summed E-state index contributed by atoms with van der Waals surface area (Å²) in [5.41, 5.74) is 1.72. The topological polar surface area (TPSA) is 106 Å². The molecule has 2 aromatic heterocycles. The molecule has 0 saturated carbocycles. The van der Waals surface area contributed by atoms with Gasteiger partial charge < -0.3 is 25.2 Å². The zero-order chi connectivity index (χ0) is 21.7. The highest BCUT2D eigenvalue weighted by molar-refractivity contribution is 7.20. The number of methoxy groups -OCH3 is 2. The van der Waals surface area contributed by atoms with E-state index in [9.17, 15) is 9.90 Å². The number of benzene rings is 1. The molecule has 1 atom stereocenters. The van der Waals surface area contributed by atoms with E-state index in [4.69, 9.17) is 9.47 Å². The maximum atomic E-state index is 12.6. The average Bonchev–Trinajstić information content (AvgIpc) is 3.12. The van der Waals surface area contributed by atoms with Crippen LogP contribution in [-0.2, 0) is 6.54 Å². The number of anilines is 1. The number of aliphatic hydroxyl groups is 1. The van der Waals surface area contributed by atoms with Crippen molar-refractivity contribution >= 4 is 33.3 Å². The number of thiophene rings is 1. The van der Waals surface area contributed by atoms with Crippen molar-refractivity contribution in [1.82, 2.24) is 15.3 Å². The van der Waals surface area contributed by atoms with Gasteiger partial charge in [-0.15, -0.1) is 11.3 Å². The second-order valence-corrected chi connectivity index (χ2v) is 7.74. The molecule has 1 aromatic carbocycles. The SMILES string of the molecule is CCC(O)CNC(=O)c1sc2ncnc(NCc3cccc(OC)c3OC)c2c1C. The van der Waals surface area contributed by atoms with Crippen molar-refractivity contribution in [3.63, 3.8) is 0 Å². The van der Waals surface area contributed by atoms with E-state index in [2.05, 4.69) is 20.6 Å². The fourth-order valence-corrected chi connectivity index (χ4v) is 4.19. The van der Waals surface area contributed by atoms with Crippen molar-refractivity contribution < 1.29 is 19.4 Å². The molecule has 2 heterocycles. The zero-order valence-electron chi connectivity index (χ0n) is 17.5. The lowest BCUT2D eigenvalue weighted by atomic mass is 10.1. The molecular formula is C21H26N4O4S. The van der Waals surface area contributed by atoms with Gasteiger partial charge in [0.1, 0.15) is 17.0 Å². The number of hydrogen-bond donors (Lipinski definition) is 3. The van der Waals surface area contributed by atoms with E-state index in [1.54, 1.807) is 14.2 Å². The Morgan fingerprint density at radius 3 is 2.77 bits per heavy atom.